The third-order valence-electron chi connectivity index (χ3n) is 6.46. The van der Waals surface area contributed by atoms with Crippen LogP contribution in [0.3, 0.4) is 0 Å². The summed E-state index contributed by atoms with van der Waals surface area (Å²) in [4.78, 5) is 7.01. The molecule has 2 atom stereocenters. The largest absolute Gasteiger partial charge is 0.352 e. The Hall–Kier alpha value is -3.18. The molecule has 0 radical (unpaired) electrons. The predicted molar refractivity (Wildman–Crippen MR) is 135 cm³/mol. The number of hydrogen-bond donors (Lipinski definition) is 1. The monoisotopic (exact) mass is 440 g/mol. The second-order valence-corrected chi connectivity index (χ2v) is 8.87. The molecule has 5 rings (SSSR count). The molecule has 1 saturated heterocycles. The van der Waals surface area contributed by atoms with Gasteiger partial charge in [0.15, 0.2) is 5.11 Å². The fourth-order valence-electron chi connectivity index (χ4n) is 5.09. The van der Waals surface area contributed by atoms with E-state index in [2.05, 4.69) is 95.1 Å². The maximum atomic E-state index is 5.78. The van der Waals surface area contributed by atoms with Gasteiger partial charge in [-0.3, -0.25) is 4.98 Å². The summed E-state index contributed by atoms with van der Waals surface area (Å²) in [6.45, 7) is 7.54. The quantitative estimate of drug-likeness (QED) is 0.385. The van der Waals surface area contributed by atoms with Crippen molar-refractivity contribution in [1.29, 1.82) is 0 Å². The van der Waals surface area contributed by atoms with E-state index in [9.17, 15) is 0 Å². The molecule has 2 aromatic heterocycles. The van der Waals surface area contributed by atoms with Gasteiger partial charge in [-0.2, -0.15) is 0 Å². The van der Waals surface area contributed by atoms with Gasteiger partial charge in [0.2, 0.25) is 0 Å². The molecule has 5 heteroatoms. The number of nitrogens with one attached hydrogen (secondary N) is 1. The summed E-state index contributed by atoms with van der Waals surface area (Å²) in [5, 5.41) is 6.88. The number of benzene rings is 2. The van der Waals surface area contributed by atoms with Gasteiger partial charge in [0, 0.05) is 29.5 Å². The molecule has 0 amide bonds. The minimum atomic E-state index is 0.0247. The van der Waals surface area contributed by atoms with E-state index < -0.39 is 0 Å². The van der Waals surface area contributed by atoms with Crippen LogP contribution in [-0.4, -0.2) is 26.1 Å². The molecule has 0 aliphatic carbocycles. The lowest BCUT2D eigenvalue weighted by atomic mass is 9.96. The number of rotatable bonds is 5. The molecule has 4 aromatic rings. The number of pyridine rings is 1. The van der Waals surface area contributed by atoms with E-state index in [0.717, 1.165) is 23.8 Å². The maximum Gasteiger partial charge on any atom is 0.170 e. The van der Waals surface area contributed by atoms with E-state index >= 15 is 0 Å². The van der Waals surface area contributed by atoms with E-state index in [1.165, 1.54) is 33.4 Å². The highest BCUT2D eigenvalue weighted by Crippen LogP contribution is 2.41. The average molecular weight is 441 g/mol. The van der Waals surface area contributed by atoms with Gasteiger partial charge < -0.3 is 14.8 Å². The average Bonchev–Trinajstić information content (AvgIpc) is 3.29. The molecule has 1 N–H and O–H groups in total. The molecule has 2 aromatic carbocycles. The summed E-state index contributed by atoms with van der Waals surface area (Å²) in [6, 6.07) is 23.7. The molecule has 162 valence electrons. The lowest BCUT2D eigenvalue weighted by Gasteiger charge is -2.28. The third kappa shape index (κ3) is 3.37. The Labute approximate surface area is 194 Å². The lowest BCUT2D eigenvalue weighted by Crippen LogP contribution is -2.30. The maximum absolute atomic E-state index is 5.78. The van der Waals surface area contributed by atoms with Crippen LogP contribution in [0, 0.1) is 13.8 Å². The highest BCUT2D eigenvalue weighted by atomic mass is 32.1. The first-order chi connectivity index (χ1) is 15.6. The Balaban J connectivity index is 1.67. The van der Waals surface area contributed by atoms with Crippen LogP contribution in [0.1, 0.15) is 48.1 Å². The van der Waals surface area contributed by atoms with E-state index in [4.69, 9.17) is 12.2 Å². The molecule has 0 saturated carbocycles. The highest BCUT2D eigenvalue weighted by Gasteiger charge is 2.41. The Morgan fingerprint density at radius 3 is 2.56 bits per heavy atom. The number of thiocarbonyl (C=S) groups is 1. The molecule has 0 spiro atoms. The van der Waals surface area contributed by atoms with Crippen LogP contribution in [0.4, 0.5) is 0 Å². The Bertz CT molecular complexity index is 1270. The summed E-state index contributed by atoms with van der Waals surface area (Å²) in [5.74, 6) is 0. The fourth-order valence-corrected chi connectivity index (χ4v) is 5.42. The predicted octanol–water partition coefficient (Wildman–Crippen LogP) is 6.02. The van der Waals surface area contributed by atoms with Gasteiger partial charge in [0.05, 0.1) is 23.5 Å². The lowest BCUT2D eigenvalue weighted by molar-refractivity contribution is 0.316. The number of aryl methyl sites for hydroxylation is 1. The standard InChI is InChI=1S/C27H28N4S/c1-4-16-30-26(25(29-27(30)32)23-13-7-8-15-28-23)22-17-18(2)31(19(22)3)24-14-9-11-20-10-5-6-12-21(20)24/h5-15,17,25-26H,4,16H2,1-3H3,(H,29,32). The zero-order valence-electron chi connectivity index (χ0n) is 18.7. The van der Waals surface area contributed by atoms with Crippen molar-refractivity contribution in [2.45, 2.75) is 39.3 Å². The second-order valence-electron chi connectivity index (χ2n) is 8.48. The number of hydrogen-bond acceptors (Lipinski definition) is 2. The Morgan fingerprint density at radius 1 is 1.00 bits per heavy atom. The van der Waals surface area contributed by atoms with Crippen molar-refractivity contribution in [3.8, 4) is 5.69 Å². The van der Waals surface area contributed by atoms with Gasteiger partial charge in [-0.1, -0.05) is 49.4 Å². The van der Waals surface area contributed by atoms with Crippen molar-refractivity contribution >= 4 is 28.1 Å². The first-order valence-corrected chi connectivity index (χ1v) is 11.7. The van der Waals surface area contributed by atoms with E-state index in [-0.39, 0.29) is 12.1 Å². The molecule has 0 bridgehead atoms. The minimum Gasteiger partial charge on any atom is -0.352 e. The second kappa shape index (κ2) is 8.40. The van der Waals surface area contributed by atoms with E-state index in [1.54, 1.807) is 0 Å². The Morgan fingerprint density at radius 2 is 1.78 bits per heavy atom. The molecule has 32 heavy (non-hydrogen) atoms. The summed E-state index contributed by atoms with van der Waals surface area (Å²) < 4.78 is 2.39. The number of fused-ring (bicyclic) bond motifs is 1. The molecule has 1 aliphatic heterocycles. The van der Waals surface area contributed by atoms with Crippen LogP contribution < -0.4 is 5.32 Å². The third-order valence-corrected chi connectivity index (χ3v) is 6.81. The van der Waals surface area contributed by atoms with Crippen molar-refractivity contribution in [1.82, 2.24) is 19.8 Å². The summed E-state index contributed by atoms with van der Waals surface area (Å²) in [5.41, 5.74) is 6.01. The zero-order chi connectivity index (χ0) is 22.2. The van der Waals surface area contributed by atoms with Gasteiger partial charge >= 0.3 is 0 Å². The van der Waals surface area contributed by atoms with Crippen LogP contribution in [-0.2, 0) is 0 Å². The molecular weight excluding hydrogens is 412 g/mol. The molecular formula is C27H28N4S. The van der Waals surface area contributed by atoms with Crippen LogP contribution in [0.15, 0.2) is 72.9 Å². The summed E-state index contributed by atoms with van der Waals surface area (Å²) in [7, 11) is 0. The summed E-state index contributed by atoms with van der Waals surface area (Å²) in [6.07, 6.45) is 2.90. The van der Waals surface area contributed by atoms with E-state index in [0.29, 0.717) is 0 Å². The topological polar surface area (TPSA) is 33.1 Å². The summed E-state index contributed by atoms with van der Waals surface area (Å²) >= 11 is 5.78. The minimum absolute atomic E-state index is 0.0247. The van der Waals surface area contributed by atoms with Crippen molar-refractivity contribution < 1.29 is 0 Å². The van der Waals surface area contributed by atoms with Crippen LogP contribution in [0.5, 0.6) is 0 Å². The van der Waals surface area contributed by atoms with Crippen LogP contribution in [0.25, 0.3) is 16.5 Å². The van der Waals surface area contributed by atoms with Crippen molar-refractivity contribution in [2.24, 2.45) is 0 Å². The fraction of sp³-hybridized carbons (Fsp3) is 0.259. The van der Waals surface area contributed by atoms with Gasteiger partial charge in [-0.15, -0.1) is 0 Å². The molecule has 4 nitrogen and oxygen atoms in total. The van der Waals surface area contributed by atoms with Gasteiger partial charge in [0.1, 0.15) is 0 Å². The van der Waals surface area contributed by atoms with Gasteiger partial charge in [0.25, 0.3) is 0 Å². The van der Waals surface area contributed by atoms with Crippen LogP contribution >= 0.6 is 12.2 Å². The molecule has 3 heterocycles. The normalized spacial score (nSPS) is 18.3. The molecule has 2 unspecified atom stereocenters. The van der Waals surface area contributed by atoms with Gasteiger partial charge in [-0.25, -0.2) is 0 Å². The first-order valence-electron chi connectivity index (χ1n) is 11.2. The van der Waals surface area contributed by atoms with Crippen molar-refractivity contribution in [2.75, 3.05) is 6.54 Å². The van der Waals surface area contributed by atoms with Crippen LogP contribution in [0.2, 0.25) is 0 Å². The van der Waals surface area contributed by atoms with Crippen molar-refractivity contribution in [3.05, 3.63) is 95.6 Å². The first kappa shape index (κ1) is 20.7. The smallest absolute Gasteiger partial charge is 0.170 e. The van der Waals surface area contributed by atoms with Crippen molar-refractivity contribution in [3.63, 3.8) is 0 Å². The highest BCUT2D eigenvalue weighted by molar-refractivity contribution is 7.80. The molecule has 1 aliphatic rings. The molecule has 1 fully saturated rings. The SMILES string of the molecule is CCCN1C(=S)NC(c2ccccn2)C1c1cc(C)n(-c2cccc3ccccc23)c1C. The number of nitrogens with zero attached hydrogens (tertiary/aromatic N) is 3. The zero-order valence-corrected chi connectivity index (χ0v) is 19.6. The van der Waals surface area contributed by atoms with E-state index in [1.807, 2.05) is 18.3 Å². The number of aromatic nitrogens is 2. The Kier molecular flexibility index (Phi) is 5.43. The van der Waals surface area contributed by atoms with Gasteiger partial charge in [-0.05, 0) is 67.7 Å².